The van der Waals surface area contributed by atoms with E-state index in [1.165, 1.54) is 11.1 Å². The van der Waals surface area contributed by atoms with Gasteiger partial charge in [0, 0.05) is 25.4 Å². The maximum atomic E-state index is 13.0. The van der Waals surface area contributed by atoms with E-state index in [-0.39, 0.29) is 11.8 Å². The van der Waals surface area contributed by atoms with Gasteiger partial charge in [0.25, 0.3) is 0 Å². The molecule has 1 fully saturated rings. The minimum atomic E-state index is 0.0234. The predicted octanol–water partition coefficient (Wildman–Crippen LogP) is 4.92. The first-order valence-electron chi connectivity index (χ1n) is 10.6. The van der Waals surface area contributed by atoms with Crippen LogP contribution in [0.4, 0.5) is 5.69 Å². The lowest BCUT2D eigenvalue weighted by atomic mass is 10.1. The number of imidazole rings is 1. The van der Waals surface area contributed by atoms with E-state index in [9.17, 15) is 4.79 Å². The molecule has 0 unspecified atom stereocenters. The van der Waals surface area contributed by atoms with Crippen LogP contribution in [0.15, 0.2) is 72.8 Å². The first kappa shape index (κ1) is 19.4. The molecule has 1 aromatic heterocycles. The molecule has 5 nitrogen and oxygen atoms in total. The molecule has 4 aromatic rings. The number of anilines is 1. The zero-order valence-corrected chi connectivity index (χ0v) is 17.8. The SMILES string of the molecule is COc1ccccc1N1C[C@@H](c2nc3ccccc3n2Cc2ccc(C)cc2)CC1=O. The highest BCUT2D eigenvalue weighted by atomic mass is 16.5. The van der Waals surface area contributed by atoms with E-state index in [0.717, 1.165) is 29.1 Å². The summed E-state index contributed by atoms with van der Waals surface area (Å²) in [6.07, 6.45) is 0.440. The number of benzene rings is 3. The van der Waals surface area contributed by atoms with Crippen molar-refractivity contribution in [1.29, 1.82) is 0 Å². The third-order valence-corrected chi connectivity index (χ3v) is 6.01. The summed E-state index contributed by atoms with van der Waals surface area (Å²) in [4.78, 5) is 19.8. The van der Waals surface area contributed by atoms with Crippen molar-refractivity contribution >= 4 is 22.6 Å². The van der Waals surface area contributed by atoms with E-state index in [4.69, 9.17) is 9.72 Å². The van der Waals surface area contributed by atoms with Crippen molar-refractivity contribution in [3.05, 3.63) is 89.7 Å². The quantitative estimate of drug-likeness (QED) is 0.468. The molecule has 0 spiro atoms. The Morgan fingerprint density at radius 1 is 1.00 bits per heavy atom. The average molecular weight is 412 g/mol. The fourth-order valence-corrected chi connectivity index (χ4v) is 4.41. The molecule has 0 bridgehead atoms. The van der Waals surface area contributed by atoms with Gasteiger partial charge < -0.3 is 14.2 Å². The van der Waals surface area contributed by atoms with Gasteiger partial charge in [-0.25, -0.2) is 4.98 Å². The van der Waals surface area contributed by atoms with Gasteiger partial charge in [0.1, 0.15) is 11.6 Å². The summed E-state index contributed by atoms with van der Waals surface area (Å²) in [6, 6.07) is 24.5. The number of amides is 1. The summed E-state index contributed by atoms with van der Waals surface area (Å²) >= 11 is 0. The van der Waals surface area contributed by atoms with Crippen LogP contribution < -0.4 is 9.64 Å². The molecule has 1 aliphatic heterocycles. The van der Waals surface area contributed by atoms with Crippen LogP contribution in [0.5, 0.6) is 5.75 Å². The summed E-state index contributed by atoms with van der Waals surface area (Å²) < 4.78 is 7.76. The lowest BCUT2D eigenvalue weighted by Crippen LogP contribution is -2.25. The molecule has 5 rings (SSSR count). The molecule has 0 radical (unpaired) electrons. The number of nitrogens with zero attached hydrogens (tertiary/aromatic N) is 3. The molecule has 156 valence electrons. The van der Waals surface area contributed by atoms with Gasteiger partial charge in [0.15, 0.2) is 0 Å². The molecule has 1 amide bonds. The van der Waals surface area contributed by atoms with Gasteiger partial charge in [-0.15, -0.1) is 0 Å². The van der Waals surface area contributed by atoms with Gasteiger partial charge in [-0.1, -0.05) is 54.1 Å². The monoisotopic (exact) mass is 411 g/mol. The van der Waals surface area contributed by atoms with E-state index < -0.39 is 0 Å². The number of aromatic nitrogens is 2. The summed E-state index contributed by atoms with van der Waals surface area (Å²) in [5.41, 5.74) is 5.35. The Labute approximate surface area is 181 Å². The number of para-hydroxylation sites is 4. The number of aryl methyl sites for hydroxylation is 1. The van der Waals surface area contributed by atoms with Crippen LogP contribution in [0, 0.1) is 6.92 Å². The minimum Gasteiger partial charge on any atom is -0.495 e. The number of rotatable bonds is 5. The third-order valence-electron chi connectivity index (χ3n) is 6.01. The molecule has 3 aromatic carbocycles. The molecule has 31 heavy (non-hydrogen) atoms. The molecule has 1 saturated heterocycles. The molecule has 0 N–H and O–H groups in total. The molecule has 2 heterocycles. The summed E-state index contributed by atoms with van der Waals surface area (Å²) in [5, 5.41) is 0. The predicted molar refractivity (Wildman–Crippen MR) is 123 cm³/mol. The van der Waals surface area contributed by atoms with Crippen molar-refractivity contribution in [3.8, 4) is 5.75 Å². The lowest BCUT2D eigenvalue weighted by molar-refractivity contribution is -0.117. The number of hydrogen-bond donors (Lipinski definition) is 0. The highest BCUT2D eigenvalue weighted by molar-refractivity contribution is 5.97. The molecular formula is C26H25N3O2. The first-order chi connectivity index (χ1) is 15.1. The zero-order valence-electron chi connectivity index (χ0n) is 17.8. The van der Waals surface area contributed by atoms with Crippen LogP contribution in [0.25, 0.3) is 11.0 Å². The van der Waals surface area contributed by atoms with Gasteiger partial charge in [0.2, 0.25) is 5.91 Å². The highest BCUT2D eigenvalue weighted by Crippen LogP contribution is 2.37. The Morgan fingerprint density at radius 2 is 1.74 bits per heavy atom. The van der Waals surface area contributed by atoms with Crippen molar-refractivity contribution in [2.24, 2.45) is 0 Å². The number of carbonyl (C=O) groups is 1. The van der Waals surface area contributed by atoms with Gasteiger partial charge >= 0.3 is 0 Å². The molecule has 0 saturated carbocycles. The first-order valence-corrected chi connectivity index (χ1v) is 10.6. The number of ether oxygens (including phenoxy) is 1. The number of carbonyl (C=O) groups excluding carboxylic acids is 1. The smallest absolute Gasteiger partial charge is 0.227 e. The number of hydrogen-bond acceptors (Lipinski definition) is 3. The third kappa shape index (κ3) is 3.56. The number of methoxy groups -OCH3 is 1. The fraction of sp³-hybridized carbons (Fsp3) is 0.231. The van der Waals surface area contributed by atoms with Crippen LogP contribution in [-0.2, 0) is 11.3 Å². The van der Waals surface area contributed by atoms with Crippen LogP contribution in [0.1, 0.15) is 29.3 Å². The Balaban J connectivity index is 1.53. The largest absolute Gasteiger partial charge is 0.495 e. The molecule has 1 aliphatic rings. The van der Waals surface area contributed by atoms with Crippen molar-refractivity contribution in [2.45, 2.75) is 25.8 Å². The van der Waals surface area contributed by atoms with Crippen molar-refractivity contribution in [2.75, 3.05) is 18.6 Å². The summed E-state index contributed by atoms with van der Waals surface area (Å²) in [7, 11) is 1.64. The Hall–Kier alpha value is -3.60. The highest BCUT2D eigenvalue weighted by Gasteiger charge is 2.35. The maximum absolute atomic E-state index is 13.0. The zero-order chi connectivity index (χ0) is 21.4. The normalized spacial score (nSPS) is 16.3. The topological polar surface area (TPSA) is 47.4 Å². The van der Waals surface area contributed by atoms with E-state index in [0.29, 0.717) is 18.7 Å². The van der Waals surface area contributed by atoms with E-state index in [2.05, 4.69) is 41.8 Å². The molecule has 0 aliphatic carbocycles. The Kier molecular flexibility index (Phi) is 4.94. The minimum absolute atomic E-state index is 0.0234. The van der Waals surface area contributed by atoms with Crippen molar-refractivity contribution in [1.82, 2.24) is 9.55 Å². The second-order valence-electron chi connectivity index (χ2n) is 8.11. The average Bonchev–Trinajstić information content (AvgIpc) is 3.36. The number of fused-ring (bicyclic) bond motifs is 1. The van der Waals surface area contributed by atoms with Crippen LogP contribution in [-0.4, -0.2) is 29.1 Å². The van der Waals surface area contributed by atoms with Gasteiger partial charge in [-0.05, 0) is 36.8 Å². The van der Waals surface area contributed by atoms with Crippen molar-refractivity contribution in [3.63, 3.8) is 0 Å². The van der Waals surface area contributed by atoms with E-state index in [1.807, 2.05) is 47.4 Å². The Morgan fingerprint density at radius 3 is 2.55 bits per heavy atom. The van der Waals surface area contributed by atoms with E-state index in [1.54, 1.807) is 7.11 Å². The maximum Gasteiger partial charge on any atom is 0.227 e. The Bertz CT molecular complexity index is 1240. The lowest BCUT2D eigenvalue weighted by Gasteiger charge is -2.20. The van der Waals surface area contributed by atoms with Crippen molar-refractivity contribution < 1.29 is 9.53 Å². The van der Waals surface area contributed by atoms with Crippen LogP contribution >= 0.6 is 0 Å². The summed E-state index contributed by atoms with van der Waals surface area (Å²) in [6.45, 7) is 3.42. The second-order valence-corrected chi connectivity index (χ2v) is 8.11. The summed E-state index contributed by atoms with van der Waals surface area (Å²) in [5.74, 6) is 1.80. The van der Waals surface area contributed by atoms with Crippen LogP contribution in [0.2, 0.25) is 0 Å². The second kappa shape index (κ2) is 7.91. The van der Waals surface area contributed by atoms with Crippen LogP contribution in [0.3, 0.4) is 0 Å². The molecular weight excluding hydrogens is 386 g/mol. The van der Waals surface area contributed by atoms with Gasteiger partial charge in [-0.3, -0.25) is 4.79 Å². The fourth-order valence-electron chi connectivity index (χ4n) is 4.41. The molecule has 1 atom stereocenters. The molecule has 5 heteroatoms. The van der Waals surface area contributed by atoms with Gasteiger partial charge in [0.05, 0.1) is 23.8 Å². The van der Waals surface area contributed by atoms with E-state index >= 15 is 0 Å². The van der Waals surface area contributed by atoms with Gasteiger partial charge in [-0.2, -0.15) is 0 Å². The standard InChI is InChI=1S/C26H25N3O2/c1-18-11-13-19(14-12-18)16-29-22-8-4-3-7-21(22)27-26(29)20-15-25(30)28(17-20)23-9-5-6-10-24(23)31-2/h3-14,20H,15-17H2,1-2H3/t20-/m0/s1.